The van der Waals surface area contributed by atoms with Gasteiger partial charge >= 0.3 is 0 Å². The summed E-state index contributed by atoms with van der Waals surface area (Å²) < 4.78 is 0. The predicted octanol–water partition coefficient (Wildman–Crippen LogP) is 2.17. The first kappa shape index (κ1) is 7.17. The molecule has 0 spiro atoms. The number of aryl methyl sites for hydroxylation is 3. The fourth-order valence-corrected chi connectivity index (χ4v) is 1.77. The highest BCUT2D eigenvalue weighted by molar-refractivity contribution is 7.80. The fraction of sp³-hybridized carbons (Fsp3) is 0.444. The Morgan fingerprint density at radius 1 is 1.45 bits per heavy atom. The maximum absolute atomic E-state index is 4.48. The van der Waals surface area contributed by atoms with Crippen LogP contribution in [0.25, 0.3) is 0 Å². The molecule has 0 aromatic carbocycles. The van der Waals surface area contributed by atoms with E-state index in [-0.39, 0.29) is 0 Å². The molecule has 2 heteroatoms. The molecule has 0 saturated carbocycles. The Hall–Kier alpha value is -0.500. The van der Waals surface area contributed by atoms with Crippen LogP contribution in [0.5, 0.6) is 0 Å². The lowest BCUT2D eigenvalue weighted by molar-refractivity contribution is 0.896. The van der Waals surface area contributed by atoms with E-state index < -0.39 is 0 Å². The van der Waals surface area contributed by atoms with Crippen LogP contribution in [0.1, 0.15) is 23.4 Å². The molecular weight excluding hydrogens is 154 g/mol. The van der Waals surface area contributed by atoms with Gasteiger partial charge in [0.1, 0.15) is 0 Å². The molecule has 0 N–H and O–H groups in total. The monoisotopic (exact) mass is 165 g/mol. The Balaban J connectivity index is 2.57. The molecule has 0 amide bonds. The summed E-state index contributed by atoms with van der Waals surface area (Å²) >= 11 is 4.33. The maximum atomic E-state index is 4.48. The summed E-state index contributed by atoms with van der Waals surface area (Å²) in [5, 5.41) is 0. The minimum Gasteiger partial charge on any atom is -0.257 e. The fourth-order valence-electron chi connectivity index (χ4n) is 1.56. The number of nitrogens with zero attached hydrogens (tertiary/aromatic N) is 1. The van der Waals surface area contributed by atoms with Crippen molar-refractivity contribution in [1.29, 1.82) is 0 Å². The van der Waals surface area contributed by atoms with Crippen molar-refractivity contribution < 1.29 is 0 Å². The molecule has 0 fully saturated rings. The smallest absolute Gasteiger partial charge is 0.0509 e. The quantitative estimate of drug-likeness (QED) is 0.581. The lowest BCUT2D eigenvalue weighted by atomic mass is 10.2. The number of pyridine rings is 1. The first-order valence-corrected chi connectivity index (χ1v) is 4.40. The molecule has 1 heterocycles. The van der Waals surface area contributed by atoms with Gasteiger partial charge in [0, 0.05) is 10.6 Å². The van der Waals surface area contributed by atoms with Crippen molar-refractivity contribution in [2.45, 2.75) is 31.1 Å². The van der Waals surface area contributed by atoms with Gasteiger partial charge in [-0.2, -0.15) is 0 Å². The summed E-state index contributed by atoms with van der Waals surface area (Å²) in [6.07, 6.45) is 3.61. The van der Waals surface area contributed by atoms with E-state index in [9.17, 15) is 0 Å². The van der Waals surface area contributed by atoms with Crippen molar-refractivity contribution in [3.8, 4) is 0 Å². The molecule has 0 saturated heterocycles. The highest BCUT2D eigenvalue weighted by Gasteiger charge is 2.12. The maximum Gasteiger partial charge on any atom is 0.0509 e. The van der Waals surface area contributed by atoms with Gasteiger partial charge in [0.05, 0.1) is 5.69 Å². The van der Waals surface area contributed by atoms with E-state index >= 15 is 0 Å². The molecule has 2 rings (SSSR count). The summed E-state index contributed by atoms with van der Waals surface area (Å²) in [6, 6.07) is 2.16. The van der Waals surface area contributed by atoms with Gasteiger partial charge < -0.3 is 0 Å². The summed E-state index contributed by atoms with van der Waals surface area (Å²) in [7, 11) is 0. The first-order chi connectivity index (χ1) is 5.27. The van der Waals surface area contributed by atoms with Crippen molar-refractivity contribution in [3.05, 3.63) is 23.0 Å². The normalized spacial score (nSPS) is 15.1. The van der Waals surface area contributed by atoms with Gasteiger partial charge in [0.25, 0.3) is 0 Å². The number of hydrogen-bond donors (Lipinski definition) is 1. The third-order valence-corrected chi connectivity index (χ3v) is 2.67. The molecule has 1 aromatic heterocycles. The van der Waals surface area contributed by atoms with E-state index in [1.807, 2.05) is 6.92 Å². The molecule has 0 unspecified atom stereocenters. The summed E-state index contributed by atoms with van der Waals surface area (Å²) in [5.74, 6) is 0. The number of rotatable bonds is 0. The number of hydrogen-bond acceptors (Lipinski definition) is 2. The van der Waals surface area contributed by atoms with Crippen LogP contribution in [0.2, 0.25) is 0 Å². The minimum absolute atomic E-state index is 1.03. The topological polar surface area (TPSA) is 12.9 Å². The van der Waals surface area contributed by atoms with Gasteiger partial charge in [0.15, 0.2) is 0 Å². The molecular formula is C9H11NS. The van der Waals surface area contributed by atoms with Gasteiger partial charge in [-0.15, -0.1) is 12.6 Å². The second-order valence-corrected chi connectivity index (χ2v) is 3.53. The zero-order valence-corrected chi connectivity index (χ0v) is 7.49. The standard InChI is InChI=1S/C9H11NS/c1-6-9(11)5-7-3-2-4-8(7)10-6/h5,11H,2-4H2,1H3. The van der Waals surface area contributed by atoms with Crippen molar-refractivity contribution >= 4 is 12.6 Å². The third-order valence-electron chi connectivity index (χ3n) is 2.21. The molecule has 1 nitrogen and oxygen atoms in total. The summed E-state index contributed by atoms with van der Waals surface area (Å²) in [4.78, 5) is 5.51. The molecule has 0 atom stereocenters. The largest absolute Gasteiger partial charge is 0.257 e. The van der Waals surface area contributed by atoms with Crippen LogP contribution in [-0.2, 0) is 12.8 Å². The van der Waals surface area contributed by atoms with Gasteiger partial charge in [-0.3, -0.25) is 4.98 Å². The van der Waals surface area contributed by atoms with E-state index in [4.69, 9.17) is 0 Å². The van der Waals surface area contributed by atoms with E-state index in [2.05, 4.69) is 23.7 Å². The van der Waals surface area contributed by atoms with Gasteiger partial charge in [0.2, 0.25) is 0 Å². The highest BCUT2D eigenvalue weighted by Crippen LogP contribution is 2.23. The van der Waals surface area contributed by atoms with Crippen LogP contribution in [0.15, 0.2) is 11.0 Å². The Kier molecular flexibility index (Phi) is 1.64. The Morgan fingerprint density at radius 2 is 2.27 bits per heavy atom. The third kappa shape index (κ3) is 1.16. The number of thiol groups is 1. The predicted molar refractivity (Wildman–Crippen MR) is 48.3 cm³/mol. The van der Waals surface area contributed by atoms with Crippen LogP contribution in [0.3, 0.4) is 0 Å². The van der Waals surface area contributed by atoms with Gasteiger partial charge in [-0.05, 0) is 37.8 Å². The Bertz CT molecular complexity index is 265. The SMILES string of the molecule is Cc1nc2c(cc1S)CCC2. The highest BCUT2D eigenvalue weighted by atomic mass is 32.1. The van der Waals surface area contributed by atoms with Crippen molar-refractivity contribution in [2.24, 2.45) is 0 Å². The first-order valence-electron chi connectivity index (χ1n) is 3.96. The zero-order chi connectivity index (χ0) is 7.84. The van der Waals surface area contributed by atoms with Crippen molar-refractivity contribution in [1.82, 2.24) is 4.98 Å². The molecule has 1 aliphatic rings. The molecule has 11 heavy (non-hydrogen) atoms. The van der Waals surface area contributed by atoms with Crippen molar-refractivity contribution in [3.63, 3.8) is 0 Å². The summed E-state index contributed by atoms with van der Waals surface area (Å²) in [6.45, 7) is 2.01. The van der Waals surface area contributed by atoms with Gasteiger partial charge in [-0.25, -0.2) is 0 Å². The lowest BCUT2D eigenvalue weighted by Crippen LogP contribution is -1.91. The van der Waals surface area contributed by atoms with Crippen LogP contribution >= 0.6 is 12.6 Å². The molecule has 1 aromatic rings. The average Bonchev–Trinajstić information content (AvgIpc) is 2.36. The zero-order valence-electron chi connectivity index (χ0n) is 6.59. The van der Waals surface area contributed by atoms with Gasteiger partial charge in [-0.1, -0.05) is 0 Å². The van der Waals surface area contributed by atoms with Crippen LogP contribution in [0, 0.1) is 6.92 Å². The summed E-state index contributed by atoms with van der Waals surface area (Å²) in [5.41, 5.74) is 3.76. The minimum atomic E-state index is 1.03. The van der Waals surface area contributed by atoms with E-state index in [1.165, 1.54) is 24.1 Å². The van der Waals surface area contributed by atoms with Crippen LogP contribution < -0.4 is 0 Å². The molecule has 1 aliphatic carbocycles. The average molecular weight is 165 g/mol. The molecule has 0 aliphatic heterocycles. The molecule has 58 valence electrons. The number of aromatic nitrogens is 1. The lowest BCUT2D eigenvalue weighted by Gasteiger charge is -2.02. The molecule has 0 radical (unpaired) electrons. The molecule has 0 bridgehead atoms. The second-order valence-electron chi connectivity index (χ2n) is 3.05. The van der Waals surface area contributed by atoms with E-state index in [1.54, 1.807) is 0 Å². The number of fused-ring (bicyclic) bond motifs is 1. The van der Waals surface area contributed by atoms with E-state index in [0.717, 1.165) is 17.0 Å². The van der Waals surface area contributed by atoms with Crippen molar-refractivity contribution in [2.75, 3.05) is 0 Å². The second kappa shape index (κ2) is 2.52. The van der Waals surface area contributed by atoms with E-state index in [0.29, 0.717) is 0 Å². The Labute approximate surface area is 72.3 Å². The van der Waals surface area contributed by atoms with Crippen LogP contribution in [0.4, 0.5) is 0 Å². The Morgan fingerprint density at radius 3 is 3.09 bits per heavy atom. The van der Waals surface area contributed by atoms with Crippen LogP contribution in [-0.4, -0.2) is 4.98 Å².